The van der Waals surface area contributed by atoms with E-state index in [0.717, 1.165) is 18.2 Å². The Morgan fingerprint density at radius 1 is 1.67 bits per heavy atom. The molecule has 0 saturated heterocycles. The zero-order valence-electron chi connectivity index (χ0n) is 8.13. The third kappa shape index (κ3) is 3.40. The second-order valence-electron chi connectivity index (χ2n) is 3.15. The van der Waals surface area contributed by atoms with Crippen molar-refractivity contribution in [2.24, 2.45) is 0 Å². The van der Waals surface area contributed by atoms with Crippen molar-refractivity contribution >= 4 is 17.5 Å². The molecular formula is C10H11ClFNO2. The van der Waals surface area contributed by atoms with Gasteiger partial charge in [-0.15, -0.1) is 11.6 Å². The van der Waals surface area contributed by atoms with Gasteiger partial charge in [-0.1, -0.05) is 0 Å². The molecular weight excluding hydrogens is 221 g/mol. The van der Waals surface area contributed by atoms with Crippen LogP contribution in [-0.2, 0) is 0 Å². The van der Waals surface area contributed by atoms with Gasteiger partial charge in [-0.3, -0.25) is 4.79 Å². The molecule has 0 aliphatic heterocycles. The Labute approximate surface area is 91.9 Å². The van der Waals surface area contributed by atoms with Gasteiger partial charge in [0.1, 0.15) is 11.6 Å². The van der Waals surface area contributed by atoms with Crippen LogP contribution in [-0.4, -0.2) is 22.9 Å². The van der Waals surface area contributed by atoms with Crippen molar-refractivity contribution in [1.82, 2.24) is 5.32 Å². The zero-order valence-corrected chi connectivity index (χ0v) is 8.88. The number of hydrogen-bond acceptors (Lipinski definition) is 2. The Hall–Kier alpha value is -1.29. The summed E-state index contributed by atoms with van der Waals surface area (Å²) in [5.74, 6) is -1.37. The fourth-order valence-electron chi connectivity index (χ4n) is 1.02. The predicted octanol–water partition coefficient (Wildman–Crippen LogP) is 1.89. The van der Waals surface area contributed by atoms with Crippen molar-refractivity contribution < 1.29 is 14.3 Å². The molecule has 1 rings (SSSR count). The van der Waals surface area contributed by atoms with Gasteiger partial charge < -0.3 is 10.4 Å². The van der Waals surface area contributed by atoms with Gasteiger partial charge in [-0.2, -0.15) is 0 Å². The number of phenols is 1. The molecule has 0 radical (unpaired) electrons. The summed E-state index contributed by atoms with van der Waals surface area (Å²) >= 11 is 5.63. The molecule has 0 aliphatic carbocycles. The Bertz CT molecular complexity index is 368. The maximum atomic E-state index is 12.8. The van der Waals surface area contributed by atoms with Crippen LogP contribution in [0.1, 0.15) is 17.3 Å². The highest BCUT2D eigenvalue weighted by molar-refractivity contribution is 6.20. The number of phenolic OH excluding ortho intramolecular Hbond substituents is 1. The molecule has 1 amide bonds. The first-order valence-electron chi connectivity index (χ1n) is 4.41. The van der Waals surface area contributed by atoms with E-state index < -0.39 is 11.7 Å². The van der Waals surface area contributed by atoms with E-state index in [-0.39, 0.29) is 23.2 Å². The maximum absolute atomic E-state index is 12.8. The zero-order chi connectivity index (χ0) is 11.4. The number of carbonyl (C=O) groups is 1. The van der Waals surface area contributed by atoms with Crippen LogP contribution >= 0.6 is 11.6 Å². The quantitative estimate of drug-likeness (QED) is 0.781. The summed E-state index contributed by atoms with van der Waals surface area (Å²) in [7, 11) is 0. The molecule has 3 nitrogen and oxygen atoms in total. The minimum Gasteiger partial charge on any atom is -0.507 e. The van der Waals surface area contributed by atoms with E-state index in [4.69, 9.17) is 11.6 Å². The fraction of sp³-hybridized carbons (Fsp3) is 0.300. The lowest BCUT2D eigenvalue weighted by Crippen LogP contribution is -2.28. The van der Waals surface area contributed by atoms with E-state index in [1.54, 1.807) is 6.92 Å². The number of nitrogens with one attached hydrogen (secondary N) is 1. The molecule has 0 heterocycles. The highest BCUT2D eigenvalue weighted by atomic mass is 35.5. The van der Waals surface area contributed by atoms with E-state index >= 15 is 0 Å². The third-order valence-electron chi connectivity index (χ3n) is 1.75. The molecule has 15 heavy (non-hydrogen) atoms. The molecule has 5 heteroatoms. The van der Waals surface area contributed by atoms with Crippen LogP contribution in [0, 0.1) is 5.82 Å². The van der Waals surface area contributed by atoms with E-state index in [2.05, 4.69) is 5.32 Å². The van der Waals surface area contributed by atoms with Crippen LogP contribution in [0.4, 0.5) is 4.39 Å². The van der Waals surface area contributed by atoms with Crippen molar-refractivity contribution in [3.05, 3.63) is 29.6 Å². The number of benzene rings is 1. The normalized spacial score (nSPS) is 12.2. The molecule has 0 aliphatic rings. The summed E-state index contributed by atoms with van der Waals surface area (Å²) in [5.41, 5.74) is -0.0904. The van der Waals surface area contributed by atoms with E-state index in [1.165, 1.54) is 0 Å². The number of carbonyl (C=O) groups excluding carboxylic acids is 1. The van der Waals surface area contributed by atoms with Gasteiger partial charge in [0, 0.05) is 11.9 Å². The smallest absolute Gasteiger partial charge is 0.255 e. The molecule has 1 atom stereocenters. The first-order chi connectivity index (χ1) is 7.00. The molecule has 0 saturated carbocycles. The minimum absolute atomic E-state index is 0.0904. The van der Waals surface area contributed by atoms with Crippen LogP contribution in [0.2, 0.25) is 0 Å². The number of rotatable bonds is 3. The van der Waals surface area contributed by atoms with Gasteiger partial charge in [0.2, 0.25) is 0 Å². The summed E-state index contributed by atoms with van der Waals surface area (Å²) in [6, 6.07) is 3.19. The van der Waals surface area contributed by atoms with E-state index in [0.29, 0.717) is 0 Å². The first-order valence-corrected chi connectivity index (χ1v) is 4.85. The fourth-order valence-corrected chi connectivity index (χ4v) is 1.10. The summed E-state index contributed by atoms with van der Waals surface area (Å²) < 4.78 is 12.8. The van der Waals surface area contributed by atoms with Gasteiger partial charge in [0.25, 0.3) is 5.91 Å². The van der Waals surface area contributed by atoms with Crippen molar-refractivity contribution in [2.45, 2.75) is 12.3 Å². The molecule has 82 valence electrons. The average Bonchev–Trinajstić information content (AvgIpc) is 2.18. The number of amides is 1. The number of aromatic hydroxyl groups is 1. The average molecular weight is 232 g/mol. The SMILES string of the molecule is CC(Cl)CNC(=O)c1cc(F)ccc1O. The molecule has 1 aromatic carbocycles. The van der Waals surface area contributed by atoms with Gasteiger partial charge in [-0.05, 0) is 25.1 Å². The lowest BCUT2D eigenvalue weighted by atomic mass is 10.2. The summed E-state index contributed by atoms with van der Waals surface area (Å²) in [4.78, 5) is 11.4. The Balaban J connectivity index is 2.77. The molecule has 1 unspecified atom stereocenters. The Morgan fingerprint density at radius 3 is 2.93 bits per heavy atom. The number of hydrogen-bond donors (Lipinski definition) is 2. The Kier molecular flexibility index (Phi) is 3.91. The second kappa shape index (κ2) is 4.98. The van der Waals surface area contributed by atoms with Crippen LogP contribution in [0.25, 0.3) is 0 Å². The van der Waals surface area contributed by atoms with Crippen LogP contribution < -0.4 is 5.32 Å². The van der Waals surface area contributed by atoms with Crippen LogP contribution in [0.15, 0.2) is 18.2 Å². The summed E-state index contributed by atoms with van der Waals surface area (Å²) in [6.45, 7) is 1.98. The lowest BCUT2D eigenvalue weighted by molar-refractivity contribution is 0.0951. The third-order valence-corrected chi connectivity index (χ3v) is 1.90. The van der Waals surface area contributed by atoms with Crippen molar-refractivity contribution in [3.63, 3.8) is 0 Å². The van der Waals surface area contributed by atoms with Gasteiger partial charge >= 0.3 is 0 Å². The molecule has 1 aromatic rings. The van der Waals surface area contributed by atoms with Crippen molar-refractivity contribution in [3.8, 4) is 5.75 Å². The topological polar surface area (TPSA) is 49.3 Å². The summed E-state index contributed by atoms with van der Waals surface area (Å²) in [5, 5.41) is 11.6. The predicted molar refractivity (Wildman–Crippen MR) is 55.7 cm³/mol. The minimum atomic E-state index is -0.572. The molecule has 0 aromatic heterocycles. The maximum Gasteiger partial charge on any atom is 0.255 e. The largest absolute Gasteiger partial charge is 0.507 e. The number of halogens is 2. The van der Waals surface area contributed by atoms with Gasteiger partial charge in [0.15, 0.2) is 0 Å². The van der Waals surface area contributed by atoms with Crippen LogP contribution in [0.5, 0.6) is 5.75 Å². The molecule has 0 spiro atoms. The highest BCUT2D eigenvalue weighted by Crippen LogP contribution is 2.17. The molecule has 0 fully saturated rings. The molecule has 0 bridgehead atoms. The van der Waals surface area contributed by atoms with Crippen molar-refractivity contribution in [2.75, 3.05) is 6.54 Å². The van der Waals surface area contributed by atoms with Crippen molar-refractivity contribution in [1.29, 1.82) is 0 Å². The first kappa shape index (κ1) is 11.8. The van der Waals surface area contributed by atoms with E-state index in [9.17, 15) is 14.3 Å². The highest BCUT2D eigenvalue weighted by Gasteiger charge is 2.12. The summed E-state index contributed by atoms with van der Waals surface area (Å²) in [6.07, 6.45) is 0. The number of alkyl halides is 1. The lowest BCUT2D eigenvalue weighted by Gasteiger charge is -2.07. The second-order valence-corrected chi connectivity index (χ2v) is 3.90. The van der Waals surface area contributed by atoms with Crippen LogP contribution in [0.3, 0.4) is 0 Å². The van der Waals surface area contributed by atoms with E-state index in [1.807, 2.05) is 0 Å². The van der Waals surface area contributed by atoms with Gasteiger partial charge in [0.05, 0.1) is 5.56 Å². The Morgan fingerprint density at radius 2 is 2.33 bits per heavy atom. The standard InChI is InChI=1S/C10H11ClFNO2/c1-6(11)5-13-10(15)8-4-7(12)2-3-9(8)14/h2-4,6,14H,5H2,1H3,(H,13,15). The molecule has 2 N–H and O–H groups in total. The van der Waals surface area contributed by atoms with Gasteiger partial charge in [-0.25, -0.2) is 4.39 Å². The monoisotopic (exact) mass is 231 g/mol.